The summed E-state index contributed by atoms with van der Waals surface area (Å²) in [7, 11) is 0. The zero-order valence-electron chi connectivity index (χ0n) is 16.3. The van der Waals surface area contributed by atoms with Gasteiger partial charge in [0, 0.05) is 0 Å². The van der Waals surface area contributed by atoms with Crippen LogP contribution in [0.25, 0.3) is 0 Å². The molecule has 0 aromatic carbocycles. The second-order valence-electron chi connectivity index (χ2n) is 6.39. The maximum Gasteiger partial charge on any atom is 0.0971 e. The standard InChI is InChI=1S/C18H39NO3/c1-2-3-4-5-6-7-8-9-10-11-12-13-14-17(21)18(22)16(19)15-20/h16-18,20-22H,2-15,19H2,1H3/t16-,17-,18+/m1/s1/i15+1D2,16+1. The topological polar surface area (TPSA) is 86.7 Å². The van der Waals surface area contributed by atoms with Crippen molar-refractivity contribution < 1.29 is 18.1 Å². The van der Waals surface area contributed by atoms with Gasteiger partial charge in [0.1, 0.15) is 0 Å². The molecule has 0 bridgehead atoms. The van der Waals surface area contributed by atoms with Gasteiger partial charge in [-0.1, -0.05) is 84.0 Å². The van der Waals surface area contributed by atoms with Gasteiger partial charge in [-0.05, 0) is 6.42 Å². The highest BCUT2D eigenvalue weighted by Crippen LogP contribution is 2.14. The lowest BCUT2D eigenvalue weighted by atomic mass is 10.0. The van der Waals surface area contributed by atoms with E-state index in [0.717, 1.165) is 19.3 Å². The number of aliphatic hydroxyl groups excluding tert-OH is 2. The number of rotatable bonds is 16. The third-order valence-electron chi connectivity index (χ3n) is 4.26. The SMILES string of the molecule is [2H][13C]([2H])(O)[13C@@H](N)[C@H](O)[C@H](O)CCCCCCCCCCCCCC. The number of hydrogen-bond acceptors (Lipinski definition) is 4. The average molecular weight is 322 g/mol. The zero-order valence-corrected chi connectivity index (χ0v) is 14.3. The maximum atomic E-state index is 9.81. The monoisotopic (exact) mass is 321 g/mol. The molecule has 22 heavy (non-hydrogen) atoms. The molecule has 0 fully saturated rings. The Balaban J connectivity index is 3.47. The molecule has 0 heterocycles. The van der Waals surface area contributed by atoms with Crippen molar-refractivity contribution in [3.63, 3.8) is 0 Å². The van der Waals surface area contributed by atoms with Gasteiger partial charge in [-0.25, -0.2) is 0 Å². The highest BCUT2D eigenvalue weighted by molar-refractivity contribution is 4.77. The van der Waals surface area contributed by atoms with Gasteiger partial charge >= 0.3 is 0 Å². The molecule has 0 radical (unpaired) electrons. The Kier molecular flexibility index (Phi) is 13.0. The molecule has 4 nitrogen and oxygen atoms in total. The van der Waals surface area contributed by atoms with Crippen LogP contribution in [0.3, 0.4) is 0 Å². The van der Waals surface area contributed by atoms with Gasteiger partial charge in [0.2, 0.25) is 0 Å². The van der Waals surface area contributed by atoms with Gasteiger partial charge < -0.3 is 21.1 Å². The minimum Gasteiger partial charge on any atom is -0.395 e. The molecule has 0 aromatic heterocycles. The summed E-state index contributed by atoms with van der Waals surface area (Å²) in [6.07, 6.45) is 12.5. The lowest BCUT2D eigenvalue weighted by molar-refractivity contribution is -0.0121. The van der Waals surface area contributed by atoms with Gasteiger partial charge in [-0.3, -0.25) is 0 Å². The minimum atomic E-state index is -2.68. The highest BCUT2D eigenvalue weighted by atomic mass is 16.4. The summed E-state index contributed by atoms with van der Waals surface area (Å²) in [4.78, 5) is 0. The van der Waals surface area contributed by atoms with Crippen molar-refractivity contribution in [2.75, 3.05) is 6.56 Å². The molecule has 0 spiro atoms. The van der Waals surface area contributed by atoms with E-state index >= 15 is 0 Å². The summed E-state index contributed by atoms with van der Waals surface area (Å²) in [5.41, 5.74) is 5.40. The average Bonchev–Trinajstić information content (AvgIpc) is 2.53. The van der Waals surface area contributed by atoms with Gasteiger partial charge in [0.05, 0.1) is 27.6 Å². The van der Waals surface area contributed by atoms with E-state index in [1.54, 1.807) is 0 Å². The van der Waals surface area contributed by atoms with Crippen molar-refractivity contribution in [2.24, 2.45) is 5.73 Å². The Bertz CT molecular complexity index is 288. The van der Waals surface area contributed by atoms with Crippen LogP contribution >= 0.6 is 0 Å². The van der Waals surface area contributed by atoms with Crippen molar-refractivity contribution in [3.8, 4) is 0 Å². The van der Waals surface area contributed by atoms with E-state index in [-0.39, 0.29) is 0 Å². The van der Waals surface area contributed by atoms with Gasteiger partial charge in [-0.2, -0.15) is 0 Å². The lowest BCUT2D eigenvalue weighted by Gasteiger charge is -2.22. The summed E-state index contributed by atoms with van der Waals surface area (Å²) in [6, 6.07) is -1.50. The fourth-order valence-electron chi connectivity index (χ4n) is 2.68. The Morgan fingerprint density at radius 2 is 1.23 bits per heavy atom. The molecule has 4 heteroatoms. The fraction of sp³-hybridized carbons (Fsp3) is 1.00. The molecule has 5 N–H and O–H groups in total. The number of nitrogens with two attached hydrogens (primary N) is 1. The van der Waals surface area contributed by atoms with Gasteiger partial charge in [0.15, 0.2) is 0 Å². The van der Waals surface area contributed by atoms with Crippen LogP contribution in [0.5, 0.6) is 0 Å². The van der Waals surface area contributed by atoms with Crippen LogP contribution in [0.15, 0.2) is 0 Å². The molecule has 0 aromatic rings. The third-order valence-corrected chi connectivity index (χ3v) is 4.26. The van der Waals surface area contributed by atoms with Crippen molar-refractivity contribution in [1.82, 2.24) is 0 Å². The van der Waals surface area contributed by atoms with E-state index in [9.17, 15) is 10.2 Å². The van der Waals surface area contributed by atoms with Crippen molar-refractivity contribution in [2.45, 2.75) is 109 Å². The van der Waals surface area contributed by atoms with Crippen LogP contribution in [0.2, 0.25) is 0 Å². The molecule has 134 valence electrons. The minimum absolute atomic E-state index is 0.377. The molecule has 0 saturated heterocycles. The summed E-state index contributed by atoms with van der Waals surface area (Å²) in [5, 5.41) is 28.6. The largest absolute Gasteiger partial charge is 0.395 e. The Labute approximate surface area is 139 Å². The first-order valence-electron chi connectivity index (χ1n) is 10.1. The number of hydrogen-bond donors (Lipinski definition) is 4. The first kappa shape index (κ1) is 18.2. The normalized spacial score (nSPS) is 17.7. The second kappa shape index (κ2) is 15.7. The smallest absolute Gasteiger partial charge is 0.0971 e. The summed E-state index contributed by atoms with van der Waals surface area (Å²) < 4.78 is 14.1. The lowest BCUT2D eigenvalue weighted by Crippen LogP contribution is -2.45. The molecule has 3 atom stereocenters. The van der Waals surface area contributed by atoms with Gasteiger partial charge in [0.25, 0.3) is 0 Å². The highest BCUT2D eigenvalue weighted by Gasteiger charge is 2.22. The molecule has 0 unspecified atom stereocenters. The Hall–Kier alpha value is -0.160. The van der Waals surface area contributed by atoms with Crippen LogP contribution in [-0.2, 0) is 0 Å². The Morgan fingerprint density at radius 3 is 1.64 bits per heavy atom. The summed E-state index contributed by atoms with van der Waals surface area (Å²) in [6.45, 7) is -0.449. The molecule has 0 aliphatic rings. The molecule has 0 saturated carbocycles. The third kappa shape index (κ3) is 12.4. The molecular weight excluding hydrogens is 280 g/mol. The van der Waals surface area contributed by atoms with Gasteiger partial charge in [-0.15, -0.1) is 0 Å². The Morgan fingerprint density at radius 1 is 0.818 bits per heavy atom. The molecule has 0 aliphatic heterocycles. The first-order chi connectivity index (χ1) is 11.3. The van der Waals surface area contributed by atoms with E-state index < -0.39 is 24.8 Å². The van der Waals surface area contributed by atoms with E-state index in [2.05, 4.69) is 6.92 Å². The van der Waals surface area contributed by atoms with E-state index in [0.29, 0.717) is 6.42 Å². The fourth-order valence-corrected chi connectivity index (χ4v) is 2.68. The second-order valence-corrected chi connectivity index (χ2v) is 6.39. The van der Waals surface area contributed by atoms with E-state index in [1.165, 1.54) is 57.8 Å². The molecular formula is C18H39NO3. The summed E-state index contributed by atoms with van der Waals surface area (Å²) >= 11 is 0. The predicted molar refractivity (Wildman–Crippen MR) is 92.8 cm³/mol. The zero-order chi connectivity index (χ0) is 18.4. The van der Waals surface area contributed by atoms with Crippen LogP contribution < -0.4 is 5.73 Å². The van der Waals surface area contributed by atoms with Crippen molar-refractivity contribution in [1.29, 1.82) is 0 Å². The maximum absolute atomic E-state index is 9.81. The number of aliphatic hydroxyl groups is 3. The molecule has 0 rings (SSSR count). The van der Waals surface area contributed by atoms with Crippen LogP contribution in [-0.4, -0.2) is 40.1 Å². The van der Waals surface area contributed by atoms with Crippen LogP contribution in [0.4, 0.5) is 0 Å². The first-order valence-corrected chi connectivity index (χ1v) is 9.14. The van der Waals surface area contributed by atoms with Crippen LogP contribution in [0.1, 0.15) is 93.1 Å². The molecule has 0 aliphatic carbocycles. The van der Waals surface area contributed by atoms with Crippen molar-refractivity contribution in [3.05, 3.63) is 0 Å². The van der Waals surface area contributed by atoms with E-state index in [1.807, 2.05) is 0 Å². The summed E-state index contributed by atoms with van der Waals surface area (Å²) in [5.74, 6) is 0. The van der Waals surface area contributed by atoms with Crippen molar-refractivity contribution >= 4 is 0 Å². The van der Waals surface area contributed by atoms with Crippen LogP contribution in [0, 0.1) is 0 Å². The number of unbranched alkanes of at least 4 members (excludes halogenated alkanes) is 11. The predicted octanol–water partition coefficient (Wildman–Crippen LogP) is 3.12. The van der Waals surface area contributed by atoms with E-state index in [4.69, 9.17) is 13.6 Å². The quantitative estimate of drug-likeness (QED) is 0.260. The molecule has 0 amide bonds.